The molecule has 1 atom stereocenters. The summed E-state index contributed by atoms with van der Waals surface area (Å²) in [5, 5.41) is 5.18. The minimum Gasteiger partial charge on any atom is -0.335 e. The number of primary sulfonamides is 1. The molecule has 2 aromatic rings. The van der Waals surface area contributed by atoms with Crippen molar-refractivity contribution in [3.63, 3.8) is 0 Å². The highest BCUT2D eigenvalue weighted by Crippen LogP contribution is 2.24. The molecule has 0 aromatic heterocycles. The number of amides is 1. The molecule has 1 unspecified atom stereocenters. The van der Waals surface area contributed by atoms with E-state index in [0.29, 0.717) is 11.1 Å². The molecule has 0 spiro atoms. The normalized spacial score (nSPS) is 12.7. The van der Waals surface area contributed by atoms with Gasteiger partial charge in [-0.25, -0.2) is 13.6 Å². The highest BCUT2D eigenvalue weighted by molar-refractivity contribution is 7.89. The fourth-order valence-corrected chi connectivity index (χ4v) is 3.16. The molecular formula is C18H22N2O3S. The SMILES string of the molecule is Cc1ccc(C(=O)N(C)C(C)c2cccc(S(N)(=O)=O)c2)c(C)c1. The van der Waals surface area contributed by atoms with E-state index in [1.807, 2.05) is 39.0 Å². The van der Waals surface area contributed by atoms with Crippen LogP contribution in [0.5, 0.6) is 0 Å². The van der Waals surface area contributed by atoms with Crippen LogP contribution in [0, 0.1) is 13.8 Å². The van der Waals surface area contributed by atoms with E-state index in [4.69, 9.17) is 5.14 Å². The third kappa shape index (κ3) is 3.83. The predicted molar refractivity (Wildman–Crippen MR) is 94.2 cm³/mol. The van der Waals surface area contributed by atoms with Crippen molar-refractivity contribution in [3.05, 3.63) is 64.7 Å². The Balaban J connectivity index is 2.32. The number of carbonyl (C=O) groups excluding carboxylic acids is 1. The van der Waals surface area contributed by atoms with E-state index in [9.17, 15) is 13.2 Å². The predicted octanol–water partition coefficient (Wildman–Crippen LogP) is 2.78. The monoisotopic (exact) mass is 346 g/mol. The lowest BCUT2D eigenvalue weighted by atomic mass is 10.0. The second-order valence-electron chi connectivity index (χ2n) is 6.03. The van der Waals surface area contributed by atoms with Crippen molar-refractivity contribution in [1.82, 2.24) is 4.90 Å². The molecule has 0 aliphatic carbocycles. The number of nitrogens with two attached hydrogens (primary N) is 1. The van der Waals surface area contributed by atoms with E-state index >= 15 is 0 Å². The first-order chi connectivity index (χ1) is 11.1. The standard InChI is InChI=1S/C18H22N2O3S/c1-12-8-9-17(13(2)10-12)18(21)20(4)14(3)15-6-5-7-16(11-15)24(19,22)23/h5-11,14H,1-4H3,(H2,19,22,23). The van der Waals surface area contributed by atoms with E-state index in [-0.39, 0.29) is 16.8 Å². The maximum absolute atomic E-state index is 12.8. The van der Waals surface area contributed by atoms with Crippen molar-refractivity contribution in [2.75, 3.05) is 7.05 Å². The molecule has 0 saturated carbocycles. The topological polar surface area (TPSA) is 80.5 Å². The minimum absolute atomic E-state index is 0.0409. The lowest BCUT2D eigenvalue weighted by Crippen LogP contribution is -2.30. The highest BCUT2D eigenvalue weighted by atomic mass is 32.2. The summed E-state index contributed by atoms with van der Waals surface area (Å²) < 4.78 is 23.0. The Morgan fingerprint density at radius 3 is 2.38 bits per heavy atom. The number of rotatable bonds is 4. The molecule has 6 heteroatoms. The van der Waals surface area contributed by atoms with Gasteiger partial charge in [-0.3, -0.25) is 4.79 Å². The molecule has 0 saturated heterocycles. The number of sulfonamides is 1. The van der Waals surface area contributed by atoms with Gasteiger partial charge in [0.1, 0.15) is 0 Å². The van der Waals surface area contributed by atoms with Crippen molar-refractivity contribution in [1.29, 1.82) is 0 Å². The van der Waals surface area contributed by atoms with E-state index in [1.54, 1.807) is 24.1 Å². The van der Waals surface area contributed by atoms with Crippen molar-refractivity contribution in [2.45, 2.75) is 31.7 Å². The summed E-state index contributed by atoms with van der Waals surface area (Å²) in [6, 6.07) is 11.8. The van der Waals surface area contributed by atoms with Crippen molar-refractivity contribution in [2.24, 2.45) is 5.14 Å². The van der Waals surface area contributed by atoms with Gasteiger partial charge < -0.3 is 4.90 Å². The van der Waals surface area contributed by atoms with Crippen LogP contribution in [0.1, 0.15) is 40.0 Å². The van der Waals surface area contributed by atoms with Crippen LogP contribution in [0.15, 0.2) is 47.4 Å². The van der Waals surface area contributed by atoms with Crippen LogP contribution in [-0.4, -0.2) is 26.3 Å². The molecule has 128 valence electrons. The molecule has 0 bridgehead atoms. The van der Waals surface area contributed by atoms with Crippen LogP contribution in [0.3, 0.4) is 0 Å². The molecule has 0 fully saturated rings. The summed E-state index contributed by atoms with van der Waals surface area (Å²) in [6.45, 7) is 5.73. The summed E-state index contributed by atoms with van der Waals surface area (Å²) in [5.41, 5.74) is 3.36. The number of benzene rings is 2. The van der Waals surface area contributed by atoms with Gasteiger partial charge in [-0.15, -0.1) is 0 Å². The average molecular weight is 346 g/mol. The minimum atomic E-state index is -3.77. The number of hydrogen-bond donors (Lipinski definition) is 1. The van der Waals surface area contributed by atoms with Crippen LogP contribution < -0.4 is 5.14 Å². The molecule has 2 rings (SSSR count). The summed E-state index contributed by atoms with van der Waals surface area (Å²) in [7, 11) is -2.07. The van der Waals surface area contributed by atoms with Gasteiger partial charge in [-0.1, -0.05) is 29.8 Å². The lowest BCUT2D eigenvalue weighted by molar-refractivity contribution is 0.0742. The summed E-state index contributed by atoms with van der Waals surface area (Å²) in [5.74, 6) is -0.110. The third-order valence-corrected chi connectivity index (χ3v) is 5.09. The Hall–Kier alpha value is -2.18. The molecule has 0 heterocycles. The quantitative estimate of drug-likeness (QED) is 0.924. The molecular weight excluding hydrogens is 324 g/mol. The molecule has 1 amide bonds. The van der Waals surface area contributed by atoms with Crippen LogP contribution in [-0.2, 0) is 10.0 Å². The number of aryl methyl sites for hydroxylation is 2. The summed E-state index contributed by atoms with van der Waals surface area (Å²) in [4.78, 5) is 14.4. The van der Waals surface area contributed by atoms with Crippen LogP contribution in [0.4, 0.5) is 0 Å². The number of carbonyl (C=O) groups is 1. The van der Waals surface area contributed by atoms with Crippen molar-refractivity contribution >= 4 is 15.9 Å². The molecule has 0 aliphatic rings. The zero-order valence-electron chi connectivity index (χ0n) is 14.3. The molecule has 0 aliphatic heterocycles. The van der Waals surface area contributed by atoms with Gasteiger partial charge in [-0.05, 0) is 50.1 Å². The second kappa shape index (κ2) is 6.75. The molecule has 24 heavy (non-hydrogen) atoms. The van der Waals surface area contributed by atoms with Gasteiger partial charge in [0.25, 0.3) is 5.91 Å². The smallest absolute Gasteiger partial charge is 0.254 e. The van der Waals surface area contributed by atoms with Crippen LogP contribution in [0.25, 0.3) is 0 Å². The molecule has 2 N–H and O–H groups in total. The fourth-order valence-electron chi connectivity index (χ4n) is 2.59. The zero-order chi connectivity index (χ0) is 18.1. The van der Waals surface area contributed by atoms with Gasteiger partial charge in [0, 0.05) is 12.6 Å². The average Bonchev–Trinajstić information content (AvgIpc) is 2.52. The van der Waals surface area contributed by atoms with E-state index in [1.165, 1.54) is 12.1 Å². The Labute approximate surface area is 143 Å². The zero-order valence-corrected chi connectivity index (χ0v) is 15.1. The highest BCUT2D eigenvalue weighted by Gasteiger charge is 2.21. The Kier molecular flexibility index (Phi) is 5.11. The van der Waals surface area contributed by atoms with Gasteiger partial charge in [0.15, 0.2) is 0 Å². The largest absolute Gasteiger partial charge is 0.335 e. The van der Waals surface area contributed by atoms with E-state index in [0.717, 1.165) is 11.1 Å². The van der Waals surface area contributed by atoms with Crippen molar-refractivity contribution in [3.8, 4) is 0 Å². The van der Waals surface area contributed by atoms with E-state index in [2.05, 4.69) is 0 Å². The van der Waals surface area contributed by atoms with Gasteiger partial charge >= 0.3 is 0 Å². The molecule has 2 aromatic carbocycles. The van der Waals surface area contributed by atoms with E-state index < -0.39 is 10.0 Å². The summed E-state index contributed by atoms with van der Waals surface area (Å²) >= 11 is 0. The van der Waals surface area contributed by atoms with Gasteiger partial charge in [-0.2, -0.15) is 0 Å². The van der Waals surface area contributed by atoms with Crippen molar-refractivity contribution < 1.29 is 13.2 Å². The second-order valence-corrected chi connectivity index (χ2v) is 7.59. The van der Waals surface area contributed by atoms with Crippen LogP contribution >= 0.6 is 0 Å². The fraction of sp³-hybridized carbons (Fsp3) is 0.278. The third-order valence-electron chi connectivity index (χ3n) is 4.18. The first-order valence-electron chi connectivity index (χ1n) is 7.58. The molecule has 5 nitrogen and oxygen atoms in total. The summed E-state index contributed by atoms with van der Waals surface area (Å²) in [6.07, 6.45) is 0. The maximum Gasteiger partial charge on any atom is 0.254 e. The first kappa shape index (κ1) is 18.2. The number of nitrogens with zero attached hydrogens (tertiary/aromatic N) is 1. The Morgan fingerprint density at radius 2 is 1.79 bits per heavy atom. The van der Waals surface area contributed by atoms with Gasteiger partial charge in [0.05, 0.1) is 10.9 Å². The maximum atomic E-state index is 12.8. The van der Waals surface area contributed by atoms with Crippen LogP contribution in [0.2, 0.25) is 0 Å². The van der Waals surface area contributed by atoms with Gasteiger partial charge in [0.2, 0.25) is 10.0 Å². The lowest BCUT2D eigenvalue weighted by Gasteiger charge is -2.26. The first-order valence-corrected chi connectivity index (χ1v) is 9.13. The molecule has 0 radical (unpaired) electrons. The number of hydrogen-bond acceptors (Lipinski definition) is 3. The Bertz CT molecular complexity index is 876. The Morgan fingerprint density at radius 1 is 1.12 bits per heavy atom.